The van der Waals surface area contributed by atoms with Crippen LogP contribution in [-0.4, -0.2) is 33.8 Å². The Morgan fingerprint density at radius 1 is 1.35 bits per heavy atom. The van der Waals surface area contributed by atoms with Gasteiger partial charge in [0.1, 0.15) is 5.82 Å². The third kappa shape index (κ3) is 2.82. The number of hydrogen-bond acceptors (Lipinski definition) is 5. The van der Waals surface area contributed by atoms with Crippen molar-refractivity contribution in [2.45, 2.75) is 6.92 Å². The van der Waals surface area contributed by atoms with Gasteiger partial charge in [0.05, 0.1) is 12.7 Å². The summed E-state index contributed by atoms with van der Waals surface area (Å²) in [5, 5.41) is 6.67. The van der Waals surface area contributed by atoms with Crippen molar-refractivity contribution in [2.75, 3.05) is 12.4 Å². The number of pyridine rings is 1. The van der Waals surface area contributed by atoms with E-state index in [-0.39, 0.29) is 5.91 Å². The molecule has 0 fully saturated rings. The summed E-state index contributed by atoms with van der Waals surface area (Å²) in [6, 6.07) is 4.73. The molecule has 0 atom stereocenters. The Hall–Kier alpha value is -2.70. The molecule has 0 unspecified atom stereocenters. The average molecular weight is 274 g/mol. The van der Waals surface area contributed by atoms with Crippen LogP contribution in [0.2, 0.25) is 0 Å². The second-order valence-electron chi connectivity index (χ2n) is 4.17. The molecular weight excluding hydrogens is 260 g/mol. The lowest BCUT2D eigenvalue weighted by atomic mass is 10.3. The molecule has 104 valence electrons. The number of nitrogens with zero attached hydrogens (tertiary/aromatic N) is 3. The van der Waals surface area contributed by atoms with Crippen molar-refractivity contribution < 1.29 is 14.3 Å². The van der Waals surface area contributed by atoms with Crippen molar-refractivity contribution in [1.82, 2.24) is 14.8 Å². The van der Waals surface area contributed by atoms with Gasteiger partial charge in [-0.25, -0.2) is 9.78 Å². The van der Waals surface area contributed by atoms with Crippen molar-refractivity contribution in [1.29, 1.82) is 0 Å². The second-order valence-corrected chi connectivity index (χ2v) is 4.17. The van der Waals surface area contributed by atoms with Gasteiger partial charge in [-0.2, -0.15) is 5.10 Å². The summed E-state index contributed by atoms with van der Waals surface area (Å²) < 4.78 is 6.18. The summed E-state index contributed by atoms with van der Waals surface area (Å²) in [6.07, 6.45) is 1.34. The van der Waals surface area contributed by atoms with Crippen LogP contribution >= 0.6 is 0 Å². The monoisotopic (exact) mass is 274 g/mol. The largest absolute Gasteiger partial charge is 0.465 e. The van der Waals surface area contributed by atoms with Crippen molar-refractivity contribution in [3.05, 3.63) is 41.3 Å². The predicted molar refractivity (Wildman–Crippen MR) is 71.5 cm³/mol. The standard InChI is InChI=1S/C13H14N4O3/c1-8-6-10(16-17(8)2)12(18)15-11-5-4-9(7-14-11)13(19)20-3/h4-7H,1-3H3,(H,14,15,18). The fraction of sp³-hybridized carbons (Fsp3) is 0.231. The predicted octanol–water partition coefficient (Wildman–Crippen LogP) is 1.16. The molecule has 2 aromatic heterocycles. The Kier molecular flexibility index (Phi) is 3.79. The summed E-state index contributed by atoms with van der Waals surface area (Å²) in [5.41, 5.74) is 1.51. The first-order valence-corrected chi connectivity index (χ1v) is 5.87. The van der Waals surface area contributed by atoms with Gasteiger partial charge in [-0.1, -0.05) is 0 Å². The highest BCUT2D eigenvalue weighted by Gasteiger charge is 2.12. The summed E-state index contributed by atoms with van der Waals surface area (Å²) in [7, 11) is 3.05. The zero-order valence-corrected chi connectivity index (χ0v) is 11.4. The number of esters is 1. The van der Waals surface area contributed by atoms with Gasteiger partial charge in [0.2, 0.25) is 0 Å². The summed E-state index contributed by atoms with van der Waals surface area (Å²) in [6.45, 7) is 1.85. The number of anilines is 1. The molecule has 2 rings (SSSR count). The minimum absolute atomic E-state index is 0.309. The summed E-state index contributed by atoms with van der Waals surface area (Å²) in [5.74, 6) is -0.492. The molecule has 2 heterocycles. The third-order valence-corrected chi connectivity index (χ3v) is 2.77. The Labute approximate surface area is 115 Å². The third-order valence-electron chi connectivity index (χ3n) is 2.77. The number of ether oxygens (including phenoxy) is 1. The van der Waals surface area contributed by atoms with E-state index >= 15 is 0 Å². The van der Waals surface area contributed by atoms with Gasteiger partial charge >= 0.3 is 5.97 Å². The van der Waals surface area contributed by atoms with Gasteiger partial charge in [-0.3, -0.25) is 9.48 Å². The number of carbonyl (C=O) groups excluding carboxylic acids is 2. The van der Waals surface area contributed by atoms with E-state index in [2.05, 4.69) is 20.1 Å². The van der Waals surface area contributed by atoms with Crippen molar-refractivity contribution in [3.8, 4) is 0 Å². The molecule has 0 aliphatic rings. The Balaban J connectivity index is 2.10. The molecule has 0 aliphatic heterocycles. The van der Waals surface area contributed by atoms with Crippen LogP contribution in [0.5, 0.6) is 0 Å². The molecule has 0 spiro atoms. The van der Waals surface area contributed by atoms with Gasteiger partial charge in [-0.15, -0.1) is 0 Å². The van der Waals surface area contributed by atoms with Crippen molar-refractivity contribution >= 4 is 17.7 Å². The zero-order valence-electron chi connectivity index (χ0n) is 11.4. The second kappa shape index (κ2) is 5.52. The maximum Gasteiger partial charge on any atom is 0.339 e. The van der Waals surface area contributed by atoms with Crippen LogP contribution in [0.3, 0.4) is 0 Å². The number of nitrogens with one attached hydrogen (secondary N) is 1. The molecule has 0 aromatic carbocycles. The first-order chi connectivity index (χ1) is 9.51. The van der Waals surface area contributed by atoms with Crippen LogP contribution < -0.4 is 5.32 Å². The fourth-order valence-corrected chi connectivity index (χ4v) is 1.56. The molecule has 1 amide bonds. The normalized spacial score (nSPS) is 10.2. The van der Waals surface area contributed by atoms with Gasteiger partial charge < -0.3 is 10.1 Å². The molecule has 0 aliphatic carbocycles. The number of aryl methyl sites for hydroxylation is 2. The average Bonchev–Trinajstić information content (AvgIpc) is 2.79. The van der Waals surface area contributed by atoms with E-state index in [4.69, 9.17) is 0 Å². The Morgan fingerprint density at radius 2 is 2.10 bits per heavy atom. The Morgan fingerprint density at radius 3 is 2.60 bits per heavy atom. The quantitative estimate of drug-likeness (QED) is 0.849. The maximum atomic E-state index is 11.9. The molecule has 2 aromatic rings. The minimum atomic E-state index is -0.476. The van der Waals surface area contributed by atoms with E-state index in [1.54, 1.807) is 17.8 Å². The smallest absolute Gasteiger partial charge is 0.339 e. The van der Waals surface area contributed by atoms with E-state index in [9.17, 15) is 9.59 Å². The van der Waals surface area contributed by atoms with E-state index in [1.807, 2.05) is 6.92 Å². The van der Waals surface area contributed by atoms with Gasteiger partial charge in [-0.05, 0) is 25.1 Å². The van der Waals surface area contributed by atoms with Crippen LogP contribution in [0.4, 0.5) is 5.82 Å². The van der Waals surface area contributed by atoms with E-state index < -0.39 is 5.97 Å². The molecule has 0 bridgehead atoms. The van der Waals surface area contributed by atoms with Crippen LogP contribution in [0, 0.1) is 6.92 Å². The fourth-order valence-electron chi connectivity index (χ4n) is 1.56. The highest BCUT2D eigenvalue weighted by molar-refractivity contribution is 6.02. The number of hydrogen-bond donors (Lipinski definition) is 1. The van der Waals surface area contributed by atoms with Crippen molar-refractivity contribution in [2.24, 2.45) is 7.05 Å². The lowest BCUT2D eigenvalue weighted by molar-refractivity contribution is 0.0600. The van der Waals surface area contributed by atoms with E-state index in [0.29, 0.717) is 17.1 Å². The summed E-state index contributed by atoms with van der Waals surface area (Å²) >= 11 is 0. The highest BCUT2D eigenvalue weighted by Crippen LogP contribution is 2.09. The van der Waals surface area contributed by atoms with Crippen molar-refractivity contribution in [3.63, 3.8) is 0 Å². The number of aromatic nitrogens is 3. The van der Waals surface area contributed by atoms with Gasteiger partial charge in [0, 0.05) is 18.9 Å². The molecule has 7 heteroatoms. The lowest BCUT2D eigenvalue weighted by Gasteiger charge is -2.03. The van der Waals surface area contributed by atoms with Crippen LogP contribution in [0.25, 0.3) is 0 Å². The van der Waals surface area contributed by atoms with E-state index in [0.717, 1.165) is 5.69 Å². The first kappa shape index (κ1) is 13.7. The van der Waals surface area contributed by atoms with Gasteiger partial charge in [0.15, 0.2) is 5.69 Å². The summed E-state index contributed by atoms with van der Waals surface area (Å²) in [4.78, 5) is 27.2. The zero-order chi connectivity index (χ0) is 14.7. The molecule has 20 heavy (non-hydrogen) atoms. The molecular formula is C13H14N4O3. The molecule has 0 saturated heterocycles. The number of carbonyl (C=O) groups is 2. The van der Waals surface area contributed by atoms with Crippen LogP contribution in [0.15, 0.2) is 24.4 Å². The molecule has 7 nitrogen and oxygen atoms in total. The molecule has 1 N–H and O–H groups in total. The molecule has 0 radical (unpaired) electrons. The number of rotatable bonds is 3. The van der Waals surface area contributed by atoms with Crippen LogP contribution in [-0.2, 0) is 11.8 Å². The first-order valence-electron chi connectivity index (χ1n) is 5.87. The van der Waals surface area contributed by atoms with E-state index in [1.165, 1.54) is 25.4 Å². The molecule has 0 saturated carbocycles. The Bertz CT molecular complexity index is 627. The minimum Gasteiger partial charge on any atom is -0.465 e. The number of methoxy groups -OCH3 is 1. The lowest BCUT2D eigenvalue weighted by Crippen LogP contribution is -2.14. The number of amides is 1. The van der Waals surface area contributed by atoms with Gasteiger partial charge in [0.25, 0.3) is 5.91 Å². The van der Waals surface area contributed by atoms with Crippen LogP contribution in [0.1, 0.15) is 26.5 Å². The SMILES string of the molecule is COC(=O)c1ccc(NC(=O)c2cc(C)n(C)n2)nc1. The maximum absolute atomic E-state index is 11.9. The topological polar surface area (TPSA) is 86.1 Å². The highest BCUT2D eigenvalue weighted by atomic mass is 16.5.